The van der Waals surface area contributed by atoms with Crippen molar-refractivity contribution in [1.82, 2.24) is 29.4 Å². The van der Waals surface area contributed by atoms with E-state index in [0.29, 0.717) is 34.0 Å². The number of nitro benzene ring substituents is 1. The SMILES string of the molecule is CN(C)CCNS(=O)c1ccc(C=NNc2ncnc3c2cnn3-c2cccc([N+](=O)[O-])c2)cc1. The fourth-order valence-corrected chi connectivity index (χ4v) is 3.98. The molecule has 2 aromatic carbocycles. The molecule has 0 saturated carbocycles. The van der Waals surface area contributed by atoms with Gasteiger partial charge < -0.3 is 4.90 Å². The summed E-state index contributed by atoms with van der Waals surface area (Å²) in [4.78, 5) is 21.8. The number of nitrogens with zero attached hydrogens (tertiary/aromatic N) is 7. The van der Waals surface area contributed by atoms with E-state index < -0.39 is 15.9 Å². The maximum Gasteiger partial charge on any atom is 0.271 e. The summed E-state index contributed by atoms with van der Waals surface area (Å²) in [6.07, 6.45) is 4.55. The molecule has 0 saturated heterocycles. The van der Waals surface area contributed by atoms with Crippen molar-refractivity contribution >= 4 is 39.7 Å². The van der Waals surface area contributed by atoms with Gasteiger partial charge in [0.15, 0.2) is 11.5 Å². The molecule has 0 fully saturated rings. The molecular formula is C22H23N9O3S. The number of non-ortho nitro benzene ring substituents is 1. The highest BCUT2D eigenvalue weighted by atomic mass is 32.2. The van der Waals surface area contributed by atoms with E-state index in [1.807, 2.05) is 31.1 Å². The lowest BCUT2D eigenvalue weighted by Crippen LogP contribution is -2.27. The summed E-state index contributed by atoms with van der Waals surface area (Å²) in [5.74, 6) is 0.436. The lowest BCUT2D eigenvalue weighted by molar-refractivity contribution is -0.384. The molecule has 2 aromatic heterocycles. The van der Waals surface area contributed by atoms with Crippen molar-refractivity contribution in [2.45, 2.75) is 4.90 Å². The first kappa shape index (κ1) is 24.1. The van der Waals surface area contributed by atoms with Crippen LogP contribution in [0.3, 0.4) is 0 Å². The van der Waals surface area contributed by atoms with Gasteiger partial charge in [0.2, 0.25) is 0 Å². The second-order valence-corrected chi connectivity index (χ2v) is 9.00. The Balaban J connectivity index is 1.45. The molecule has 4 aromatic rings. The van der Waals surface area contributed by atoms with Gasteiger partial charge in [-0.25, -0.2) is 23.6 Å². The van der Waals surface area contributed by atoms with Gasteiger partial charge in [-0.15, -0.1) is 0 Å². The Hall–Kier alpha value is -4.07. The number of fused-ring (bicyclic) bond motifs is 1. The fourth-order valence-electron chi connectivity index (χ4n) is 3.15. The van der Waals surface area contributed by atoms with Crippen LogP contribution in [0.1, 0.15) is 5.56 Å². The summed E-state index contributed by atoms with van der Waals surface area (Å²) in [5, 5.41) is 20.2. The molecule has 35 heavy (non-hydrogen) atoms. The van der Waals surface area contributed by atoms with Gasteiger partial charge in [-0.05, 0) is 37.9 Å². The second kappa shape index (κ2) is 10.9. The minimum Gasteiger partial charge on any atom is -0.308 e. The Morgan fingerprint density at radius 1 is 1.20 bits per heavy atom. The molecular weight excluding hydrogens is 470 g/mol. The summed E-state index contributed by atoms with van der Waals surface area (Å²) < 4.78 is 16.8. The van der Waals surface area contributed by atoms with E-state index in [-0.39, 0.29) is 5.69 Å². The minimum atomic E-state index is -1.28. The number of nitrogens with one attached hydrogen (secondary N) is 2. The molecule has 0 spiro atoms. The predicted octanol–water partition coefficient (Wildman–Crippen LogP) is 2.34. The summed E-state index contributed by atoms with van der Waals surface area (Å²) in [6.45, 7) is 1.42. The minimum absolute atomic E-state index is 0.0395. The highest BCUT2D eigenvalue weighted by Gasteiger charge is 2.13. The number of hydrogen-bond donors (Lipinski definition) is 2. The molecule has 1 unspecified atom stereocenters. The zero-order chi connectivity index (χ0) is 24.8. The van der Waals surface area contributed by atoms with Crippen LogP contribution in [0.25, 0.3) is 16.7 Å². The average molecular weight is 494 g/mol. The van der Waals surface area contributed by atoms with Crippen molar-refractivity contribution in [3.05, 3.63) is 76.7 Å². The van der Waals surface area contributed by atoms with Crippen molar-refractivity contribution in [3.8, 4) is 5.69 Å². The lowest BCUT2D eigenvalue weighted by atomic mass is 10.2. The van der Waals surface area contributed by atoms with Crippen LogP contribution < -0.4 is 10.1 Å². The molecule has 2 heterocycles. The van der Waals surface area contributed by atoms with Crippen LogP contribution in [0.2, 0.25) is 0 Å². The Labute approximate surface area is 203 Å². The maximum absolute atomic E-state index is 12.3. The molecule has 4 rings (SSSR count). The summed E-state index contributed by atoms with van der Waals surface area (Å²) in [7, 11) is 2.64. The first-order valence-electron chi connectivity index (χ1n) is 10.5. The van der Waals surface area contributed by atoms with Crippen LogP contribution in [-0.2, 0) is 11.0 Å². The van der Waals surface area contributed by atoms with Crippen LogP contribution in [0.4, 0.5) is 11.5 Å². The molecule has 0 aliphatic heterocycles. The Morgan fingerprint density at radius 3 is 2.74 bits per heavy atom. The van der Waals surface area contributed by atoms with Gasteiger partial charge in [0, 0.05) is 25.2 Å². The topological polar surface area (TPSA) is 143 Å². The summed E-state index contributed by atoms with van der Waals surface area (Å²) in [5.41, 5.74) is 4.64. The zero-order valence-corrected chi connectivity index (χ0v) is 19.8. The number of likely N-dealkylation sites (N-methyl/N-ethyl adjacent to an activating group) is 1. The van der Waals surface area contributed by atoms with Crippen LogP contribution in [0.15, 0.2) is 71.1 Å². The van der Waals surface area contributed by atoms with Crippen molar-refractivity contribution < 1.29 is 9.13 Å². The maximum atomic E-state index is 12.3. The number of hydrazone groups is 1. The van der Waals surface area contributed by atoms with Gasteiger partial charge in [0.1, 0.15) is 17.3 Å². The predicted molar refractivity (Wildman–Crippen MR) is 134 cm³/mol. The van der Waals surface area contributed by atoms with Crippen molar-refractivity contribution in [1.29, 1.82) is 0 Å². The van der Waals surface area contributed by atoms with Crippen molar-refractivity contribution in [3.63, 3.8) is 0 Å². The third kappa shape index (κ3) is 5.90. The Kier molecular flexibility index (Phi) is 7.50. The molecule has 1 atom stereocenters. The van der Waals surface area contributed by atoms with E-state index in [1.54, 1.807) is 36.7 Å². The first-order valence-corrected chi connectivity index (χ1v) is 11.7. The third-order valence-corrected chi connectivity index (χ3v) is 6.09. The molecule has 0 radical (unpaired) electrons. The quantitative estimate of drug-likeness (QED) is 0.195. The summed E-state index contributed by atoms with van der Waals surface area (Å²) >= 11 is 0. The van der Waals surface area contributed by atoms with Gasteiger partial charge >= 0.3 is 0 Å². The molecule has 0 aliphatic carbocycles. The number of rotatable bonds is 10. The van der Waals surface area contributed by atoms with E-state index in [4.69, 9.17) is 0 Å². The fraction of sp³-hybridized carbons (Fsp3) is 0.182. The second-order valence-electron chi connectivity index (χ2n) is 7.70. The van der Waals surface area contributed by atoms with Gasteiger partial charge in [-0.3, -0.25) is 15.5 Å². The van der Waals surface area contributed by atoms with Gasteiger partial charge in [0.05, 0.1) is 33.3 Å². The highest BCUT2D eigenvalue weighted by molar-refractivity contribution is 7.83. The molecule has 2 N–H and O–H groups in total. The van der Waals surface area contributed by atoms with E-state index in [0.717, 1.165) is 12.1 Å². The highest BCUT2D eigenvalue weighted by Crippen LogP contribution is 2.23. The third-order valence-electron chi connectivity index (χ3n) is 4.92. The standard InChI is InChI=1S/C22H23N9O3S/c1-29(2)11-10-27-35(34)19-8-6-16(7-9-19)13-25-28-21-20-14-26-30(22(20)24-15-23-21)17-4-3-5-18(12-17)31(32)33/h3-9,12-15,27H,10-11H2,1-2H3,(H,23,24,28). The van der Waals surface area contributed by atoms with Crippen LogP contribution in [0.5, 0.6) is 0 Å². The normalized spacial score (nSPS) is 12.4. The first-order chi connectivity index (χ1) is 16.9. The molecule has 0 aliphatic rings. The van der Waals surface area contributed by atoms with Gasteiger partial charge in [0.25, 0.3) is 5.69 Å². The Bertz CT molecular complexity index is 1390. The lowest BCUT2D eigenvalue weighted by Gasteiger charge is -2.10. The molecule has 0 amide bonds. The van der Waals surface area contributed by atoms with E-state index >= 15 is 0 Å². The smallest absolute Gasteiger partial charge is 0.271 e. The molecule has 180 valence electrons. The van der Waals surface area contributed by atoms with Crippen molar-refractivity contribution in [2.24, 2.45) is 5.10 Å². The van der Waals surface area contributed by atoms with Crippen LogP contribution in [-0.4, -0.2) is 67.2 Å². The largest absolute Gasteiger partial charge is 0.308 e. The zero-order valence-electron chi connectivity index (χ0n) is 19.0. The molecule has 13 heteroatoms. The van der Waals surface area contributed by atoms with Gasteiger partial charge in [-0.2, -0.15) is 10.2 Å². The van der Waals surface area contributed by atoms with E-state index in [9.17, 15) is 14.3 Å². The molecule has 12 nitrogen and oxygen atoms in total. The number of hydrogen-bond acceptors (Lipinski definition) is 9. The summed E-state index contributed by atoms with van der Waals surface area (Å²) in [6, 6.07) is 13.3. The van der Waals surface area contributed by atoms with Gasteiger partial charge in [-0.1, -0.05) is 18.2 Å². The number of aromatic nitrogens is 4. The van der Waals surface area contributed by atoms with E-state index in [1.165, 1.54) is 23.1 Å². The van der Waals surface area contributed by atoms with Crippen molar-refractivity contribution in [2.75, 3.05) is 32.6 Å². The van der Waals surface area contributed by atoms with E-state index in [2.05, 4.69) is 30.3 Å². The average Bonchev–Trinajstić information content (AvgIpc) is 3.29. The monoisotopic (exact) mass is 493 g/mol. The Morgan fingerprint density at radius 2 is 2.00 bits per heavy atom. The molecule has 0 bridgehead atoms. The number of anilines is 1. The van der Waals surface area contributed by atoms with Crippen LogP contribution >= 0.6 is 0 Å². The van der Waals surface area contributed by atoms with Crippen LogP contribution in [0, 0.1) is 10.1 Å². The number of nitro groups is 1. The number of benzene rings is 2.